The molecule has 0 amide bonds. The summed E-state index contributed by atoms with van der Waals surface area (Å²) in [6.07, 6.45) is 8.40. The van der Waals surface area contributed by atoms with E-state index in [1.807, 2.05) is 0 Å². The molecule has 1 aromatic carbocycles. The van der Waals surface area contributed by atoms with E-state index in [1.54, 1.807) is 0 Å². The van der Waals surface area contributed by atoms with Gasteiger partial charge >= 0.3 is 0 Å². The Labute approximate surface area is 123 Å². The Hall–Kier alpha value is -0.860. The molecular weight excluding hydrogens is 244 g/mol. The lowest BCUT2D eigenvalue weighted by Crippen LogP contribution is -2.42. The molecule has 3 rings (SSSR count). The van der Waals surface area contributed by atoms with Gasteiger partial charge in [-0.15, -0.1) is 0 Å². The first kappa shape index (κ1) is 14.1. The largest absolute Gasteiger partial charge is 0.314 e. The Morgan fingerprint density at radius 3 is 2.55 bits per heavy atom. The first-order valence-electron chi connectivity index (χ1n) is 8.41. The third-order valence-electron chi connectivity index (χ3n) is 5.05. The van der Waals surface area contributed by atoms with Gasteiger partial charge in [-0.3, -0.25) is 4.90 Å². The molecule has 0 saturated carbocycles. The molecule has 0 bridgehead atoms. The molecule has 110 valence electrons. The van der Waals surface area contributed by atoms with Gasteiger partial charge in [0.1, 0.15) is 0 Å². The molecule has 2 heteroatoms. The molecule has 1 unspecified atom stereocenters. The van der Waals surface area contributed by atoms with Gasteiger partial charge in [0, 0.05) is 12.6 Å². The van der Waals surface area contributed by atoms with Crippen molar-refractivity contribution in [2.45, 2.75) is 51.1 Å². The van der Waals surface area contributed by atoms with Gasteiger partial charge in [0.25, 0.3) is 0 Å². The molecule has 0 spiro atoms. The Morgan fingerprint density at radius 1 is 0.950 bits per heavy atom. The highest BCUT2D eigenvalue weighted by atomic mass is 15.1. The molecule has 2 aliphatic heterocycles. The first-order chi connectivity index (χ1) is 9.92. The van der Waals surface area contributed by atoms with Crippen LogP contribution in [0, 0.1) is 5.92 Å². The fourth-order valence-electron chi connectivity index (χ4n) is 3.81. The highest BCUT2D eigenvalue weighted by Gasteiger charge is 2.26. The van der Waals surface area contributed by atoms with E-state index in [0.717, 1.165) is 18.5 Å². The van der Waals surface area contributed by atoms with Crippen LogP contribution in [0.4, 0.5) is 0 Å². The Balaban J connectivity index is 1.46. The summed E-state index contributed by atoms with van der Waals surface area (Å²) in [5.41, 5.74) is 1.46. The van der Waals surface area contributed by atoms with Crippen molar-refractivity contribution in [2.75, 3.05) is 19.6 Å². The monoisotopic (exact) mass is 272 g/mol. The maximum absolute atomic E-state index is 3.80. The predicted molar refractivity (Wildman–Crippen MR) is 84.7 cm³/mol. The van der Waals surface area contributed by atoms with E-state index in [2.05, 4.69) is 40.5 Å². The van der Waals surface area contributed by atoms with Gasteiger partial charge in [-0.1, -0.05) is 43.2 Å². The number of nitrogens with zero attached hydrogens (tertiary/aromatic N) is 1. The number of likely N-dealkylation sites (tertiary alicyclic amines) is 1. The summed E-state index contributed by atoms with van der Waals surface area (Å²) in [7, 11) is 0. The van der Waals surface area contributed by atoms with Crippen molar-refractivity contribution in [3.8, 4) is 0 Å². The average Bonchev–Trinajstić information content (AvgIpc) is 2.78. The normalized spacial score (nSPS) is 26.3. The number of hydrogen-bond donors (Lipinski definition) is 1. The number of piperidine rings is 1. The van der Waals surface area contributed by atoms with Gasteiger partial charge in [0.2, 0.25) is 0 Å². The van der Waals surface area contributed by atoms with Crippen LogP contribution in [-0.4, -0.2) is 30.6 Å². The lowest BCUT2D eigenvalue weighted by atomic mass is 9.87. The Kier molecular flexibility index (Phi) is 5.10. The summed E-state index contributed by atoms with van der Waals surface area (Å²) >= 11 is 0. The fraction of sp³-hybridized carbons (Fsp3) is 0.667. The molecule has 1 aromatic rings. The van der Waals surface area contributed by atoms with E-state index < -0.39 is 0 Å². The average molecular weight is 272 g/mol. The minimum atomic E-state index is 0.802. The molecule has 2 saturated heterocycles. The van der Waals surface area contributed by atoms with Crippen LogP contribution in [0.25, 0.3) is 0 Å². The molecule has 0 radical (unpaired) electrons. The summed E-state index contributed by atoms with van der Waals surface area (Å²) in [6, 6.07) is 11.7. The van der Waals surface area contributed by atoms with Gasteiger partial charge in [0.15, 0.2) is 0 Å². The van der Waals surface area contributed by atoms with Gasteiger partial charge in [-0.2, -0.15) is 0 Å². The lowest BCUT2D eigenvalue weighted by molar-refractivity contribution is 0.151. The quantitative estimate of drug-likeness (QED) is 0.907. The SMILES string of the molecule is c1ccc(CN2CCC(C3CCCCCN3)CC2)cc1. The molecule has 2 aliphatic rings. The molecule has 2 nitrogen and oxygen atoms in total. The molecule has 20 heavy (non-hydrogen) atoms. The highest BCUT2D eigenvalue weighted by molar-refractivity contribution is 5.14. The van der Waals surface area contributed by atoms with Gasteiger partial charge in [0.05, 0.1) is 0 Å². The molecule has 2 fully saturated rings. The van der Waals surface area contributed by atoms with Gasteiger partial charge < -0.3 is 5.32 Å². The summed E-state index contributed by atoms with van der Waals surface area (Å²) in [5, 5.41) is 3.80. The second kappa shape index (κ2) is 7.24. The smallest absolute Gasteiger partial charge is 0.0233 e. The van der Waals surface area contributed by atoms with E-state index in [4.69, 9.17) is 0 Å². The number of benzene rings is 1. The van der Waals surface area contributed by atoms with Crippen LogP contribution in [0.5, 0.6) is 0 Å². The van der Waals surface area contributed by atoms with Crippen molar-refractivity contribution in [1.82, 2.24) is 10.2 Å². The zero-order chi connectivity index (χ0) is 13.6. The maximum atomic E-state index is 3.80. The minimum Gasteiger partial charge on any atom is -0.314 e. The summed E-state index contributed by atoms with van der Waals surface area (Å²) in [5.74, 6) is 0.917. The van der Waals surface area contributed by atoms with Crippen LogP contribution in [0.2, 0.25) is 0 Å². The maximum Gasteiger partial charge on any atom is 0.0233 e. The first-order valence-corrected chi connectivity index (χ1v) is 8.41. The summed E-state index contributed by atoms with van der Waals surface area (Å²) < 4.78 is 0. The second-order valence-corrected chi connectivity index (χ2v) is 6.51. The van der Waals surface area contributed by atoms with E-state index in [1.165, 1.54) is 63.7 Å². The van der Waals surface area contributed by atoms with Crippen LogP contribution in [-0.2, 0) is 6.54 Å². The van der Waals surface area contributed by atoms with Crippen molar-refractivity contribution < 1.29 is 0 Å². The van der Waals surface area contributed by atoms with Crippen LogP contribution >= 0.6 is 0 Å². The number of rotatable bonds is 3. The Bertz CT molecular complexity index is 374. The van der Waals surface area contributed by atoms with Crippen LogP contribution in [0.15, 0.2) is 30.3 Å². The number of hydrogen-bond acceptors (Lipinski definition) is 2. The standard InChI is InChI=1S/C18H28N2/c1-3-7-16(8-4-1)15-20-13-10-17(11-14-20)18-9-5-2-6-12-19-18/h1,3-4,7-8,17-19H,2,5-6,9-15H2. The van der Waals surface area contributed by atoms with E-state index >= 15 is 0 Å². The van der Waals surface area contributed by atoms with E-state index in [9.17, 15) is 0 Å². The van der Waals surface area contributed by atoms with Crippen molar-refractivity contribution in [1.29, 1.82) is 0 Å². The topological polar surface area (TPSA) is 15.3 Å². The molecule has 0 aromatic heterocycles. The summed E-state index contributed by atoms with van der Waals surface area (Å²) in [6.45, 7) is 4.93. The molecule has 2 heterocycles. The third kappa shape index (κ3) is 3.83. The summed E-state index contributed by atoms with van der Waals surface area (Å²) in [4.78, 5) is 2.63. The molecular formula is C18H28N2. The second-order valence-electron chi connectivity index (χ2n) is 6.51. The molecule has 1 atom stereocenters. The highest BCUT2D eigenvalue weighted by Crippen LogP contribution is 2.26. The molecule has 0 aliphatic carbocycles. The van der Waals surface area contributed by atoms with Crippen LogP contribution in [0.1, 0.15) is 44.1 Å². The van der Waals surface area contributed by atoms with E-state index in [-0.39, 0.29) is 0 Å². The molecule has 1 N–H and O–H groups in total. The Morgan fingerprint density at radius 2 is 1.75 bits per heavy atom. The van der Waals surface area contributed by atoms with Crippen LogP contribution < -0.4 is 5.32 Å². The number of nitrogens with one attached hydrogen (secondary N) is 1. The minimum absolute atomic E-state index is 0.802. The third-order valence-corrected chi connectivity index (χ3v) is 5.05. The van der Waals surface area contributed by atoms with Crippen molar-refractivity contribution in [2.24, 2.45) is 5.92 Å². The van der Waals surface area contributed by atoms with Crippen molar-refractivity contribution in [3.05, 3.63) is 35.9 Å². The zero-order valence-electron chi connectivity index (χ0n) is 12.6. The zero-order valence-corrected chi connectivity index (χ0v) is 12.6. The lowest BCUT2D eigenvalue weighted by Gasteiger charge is -2.36. The van der Waals surface area contributed by atoms with Crippen molar-refractivity contribution in [3.63, 3.8) is 0 Å². The van der Waals surface area contributed by atoms with E-state index in [0.29, 0.717) is 0 Å². The van der Waals surface area contributed by atoms with Crippen molar-refractivity contribution >= 4 is 0 Å². The predicted octanol–water partition coefficient (Wildman–Crippen LogP) is 3.43. The van der Waals surface area contributed by atoms with Crippen LogP contribution in [0.3, 0.4) is 0 Å². The van der Waals surface area contributed by atoms with Gasteiger partial charge in [-0.25, -0.2) is 0 Å². The van der Waals surface area contributed by atoms with Gasteiger partial charge in [-0.05, 0) is 56.8 Å². The fourth-order valence-corrected chi connectivity index (χ4v) is 3.81.